The predicted octanol–water partition coefficient (Wildman–Crippen LogP) is 2.56. The molecule has 4 saturated heterocycles. The molecule has 4 rings (SSSR count). The summed E-state index contributed by atoms with van der Waals surface area (Å²) >= 11 is 0. The van der Waals surface area contributed by atoms with Crippen LogP contribution in [0.15, 0.2) is 0 Å². The second-order valence-electron chi connectivity index (χ2n) is 7.81. The molecule has 4 aliphatic rings. The van der Waals surface area contributed by atoms with Crippen LogP contribution in [0.5, 0.6) is 0 Å². The zero-order valence-electron chi connectivity index (χ0n) is 13.7. The largest absolute Gasteiger partial charge is 0.297 e. The van der Waals surface area contributed by atoms with Gasteiger partial charge in [0, 0.05) is 24.7 Å². The summed E-state index contributed by atoms with van der Waals surface area (Å²) in [4.78, 5) is 8.64. The third kappa shape index (κ3) is 2.89. The predicted molar refractivity (Wildman–Crippen MR) is 87.6 cm³/mol. The number of hydrogen-bond donors (Lipinski definition) is 0. The summed E-state index contributed by atoms with van der Waals surface area (Å²) in [6.07, 6.45) is 13.1. The Labute approximate surface area is 130 Å². The van der Waals surface area contributed by atoms with E-state index in [4.69, 9.17) is 0 Å². The van der Waals surface area contributed by atoms with Gasteiger partial charge in [0.25, 0.3) is 0 Å². The standard InChI is InChI=1S/C18H33N3/c1-4-10-19(11-5-1)17-15-21-14-8-3-9-16(21)18(17)20-12-6-2-7-13-20/h16-18H,1-15H2. The minimum Gasteiger partial charge on any atom is -0.297 e. The minimum absolute atomic E-state index is 0.839. The molecule has 0 amide bonds. The first-order valence-electron chi connectivity index (χ1n) is 9.66. The van der Waals surface area contributed by atoms with Crippen molar-refractivity contribution in [3.05, 3.63) is 0 Å². The van der Waals surface area contributed by atoms with Gasteiger partial charge in [-0.15, -0.1) is 0 Å². The molecule has 0 N–H and O–H groups in total. The summed E-state index contributed by atoms with van der Waals surface area (Å²) in [5, 5.41) is 0. The molecule has 21 heavy (non-hydrogen) atoms. The maximum absolute atomic E-state index is 2.90. The van der Waals surface area contributed by atoms with E-state index in [0.29, 0.717) is 0 Å². The van der Waals surface area contributed by atoms with Crippen LogP contribution in [-0.4, -0.2) is 72.1 Å². The van der Waals surface area contributed by atoms with Gasteiger partial charge in [-0.1, -0.05) is 19.3 Å². The highest BCUT2D eigenvalue weighted by Crippen LogP contribution is 2.35. The quantitative estimate of drug-likeness (QED) is 0.774. The zero-order chi connectivity index (χ0) is 14.1. The molecule has 120 valence electrons. The molecular formula is C18H33N3. The summed E-state index contributed by atoms with van der Waals surface area (Å²) in [6, 6.07) is 2.57. The summed E-state index contributed by atoms with van der Waals surface area (Å²) in [7, 11) is 0. The van der Waals surface area contributed by atoms with Crippen molar-refractivity contribution in [2.24, 2.45) is 0 Å². The van der Waals surface area contributed by atoms with Crippen molar-refractivity contribution < 1.29 is 0 Å². The lowest BCUT2D eigenvalue weighted by atomic mass is 9.93. The molecule has 0 aromatic carbocycles. The number of nitrogens with zero attached hydrogens (tertiary/aromatic N) is 3. The average molecular weight is 291 g/mol. The molecule has 0 bridgehead atoms. The van der Waals surface area contributed by atoms with Gasteiger partial charge in [0.15, 0.2) is 0 Å². The van der Waals surface area contributed by atoms with Crippen molar-refractivity contribution in [1.82, 2.24) is 14.7 Å². The second kappa shape index (κ2) is 6.55. The Bertz CT molecular complexity index is 333. The average Bonchev–Trinajstić information content (AvgIpc) is 2.96. The van der Waals surface area contributed by atoms with Gasteiger partial charge in [-0.05, 0) is 71.2 Å². The van der Waals surface area contributed by atoms with Crippen LogP contribution in [-0.2, 0) is 0 Å². The monoisotopic (exact) mass is 291 g/mol. The van der Waals surface area contributed by atoms with Crippen LogP contribution in [0.2, 0.25) is 0 Å². The van der Waals surface area contributed by atoms with Crippen molar-refractivity contribution in [1.29, 1.82) is 0 Å². The topological polar surface area (TPSA) is 9.72 Å². The molecule has 0 aromatic rings. The lowest BCUT2D eigenvalue weighted by molar-refractivity contribution is 0.0594. The molecular weight excluding hydrogens is 258 g/mol. The summed E-state index contributed by atoms with van der Waals surface area (Å²) in [6.45, 7) is 8.23. The van der Waals surface area contributed by atoms with Crippen molar-refractivity contribution in [2.45, 2.75) is 75.9 Å². The Morgan fingerprint density at radius 1 is 0.476 bits per heavy atom. The van der Waals surface area contributed by atoms with Crippen LogP contribution in [0.4, 0.5) is 0 Å². The van der Waals surface area contributed by atoms with Gasteiger partial charge < -0.3 is 0 Å². The van der Waals surface area contributed by atoms with E-state index in [2.05, 4.69) is 14.7 Å². The second-order valence-corrected chi connectivity index (χ2v) is 7.81. The number of fused-ring (bicyclic) bond motifs is 1. The molecule has 0 radical (unpaired) electrons. The maximum Gasteiger partial charge on any atom is 0.0419 e. The summed E-state index contributed by atoms with van der Waals surface area (Å²) in [5.41, 5.74) is 0. The van der Waals surface area contributed by atoms with E-state index in [9.17, 15) is 0 Å². The highest BCUT2D eigenvalue weighted by molar-refractivity contribution is 5.05. The van der Waals surface area contributed by atoms with Crippen LogP contribution in [0.3, 0.4) is 0 Å². The first-order valence-corrected chi connectivity index (χ1v) is 9.66. The first-order chi connectivity index (χ1) is 10.4. The van der Waals surface area contributed by atoms with Crippen molar-refractivity contribution in [3.63, 3.8) is 0 Å². The Kier molecular flexibility index (Phi) is 4.52. The third-order valence-electron chi connectivity index (χ3n) is 6.55. The van der Waals surface area contributed by atoms with Crippen molar-refractivity contribution in [3.8, 4) is 0 Å². The number of piperidine rings is 3. The van der Waals surface area contributed by atoms with Crippen LogP contribution in [0.25, 0.3) is 0 Å². The minimum atomic E-state index is 0.839. The van der Waals surface area contributed by atoms with Crippen LogP contribution >= 0.6 is 0 Å². The summed E-state index contributed by atoms with van der Waals surface area (Å²) in [5.74, 6) is 0. The number of likely N-dealkylation sites (tertiary alicyclic amines) is 2. The van der Waals surface area contributed by atoms with E-state index in [1.807, 2.05) is 0 Å². The van der Waals surface area contributed by atoms with Crippen LogP contribution in [0, 0.1) is 0 Å². The SMILES string of the molecule is C1CCN(C2CN3CCCCC3C2N2CCCCC2)CC1. The molecule has 4 fully saturated rings. The molecule has 0 aromatic heterocycles. The third-order valence-corrected chi connectivity index (χ3v) is 6.55. The molecule has 0 saturated carbocycles. The lowest BCUT2D eigenvalue weighted by Gasteiger charge is -2.43. The van der Waals surface area contributed by atoms with Gasteiger partial charge in [0.05, 0.1) is 0 Å². The van der Waals surface area contributed by atoms with E-state index in [0.717, 1.165) is 18.1 Å². The van der Waals surface area contributed by atoms with Gasteiger partial charge in [-0.25, -0.2) is 0 Å². The fourth-order valence-corrected chi connectivity index (χ4v) is 5.52. The fourth-order valence-electron chi connectivity index (χ4n) is 5.52. The van der Waals surface area contributed by atoms with E-state index in [1.165, 1.54) is 97.1 Å². The van der Waals surface area contributed by atoms with Gasteiger partial charge in [0.2, 0.25) is 0 Å². The Balaban J connectivity index is 1.53. The molecule has 0 spiro atoms. The first kappa shape index (κ1) is 14.5. The van der Waals surface area contributed by atoms with Gasteiger partial charge >= 0.3 is 0 Å². The Morgan fingerprint density at radius 2 is 1.05 bits per heavy atom. The molecule has 3 atom stereocenters. The van der Waals surface area contributed by atoms with Gasteiger partial charge in [-0.2, -0.15) is 0 Å². The normalized spacial score (nSPS) is 40.3. The highest BCUT2D eigenvalue weighted by atomic mass is 15.4. The number of hydrogen-bond acceptors (Lipinski definition) is 3. The van der Waals surface area contributed by atoms with Crippen molar-refractivity contribution in [2.75, 3.05) is 39.3 Å². The van der Waals surface area contributed by atoms with Gasteiger partial charge in [-0.3, -0.25) is 14.7 Å². The van der Waals surface area contributed by atoms with Crippen molar-refractivity contribution >= 4 is 0 Å². The number of rotatable bonds is 2. The molecule has 4 aliphatic heterocycles. The van der Waals surface area contributed by atoms with Gasteiger partial charge in [0.1, 0.15) is 0 Å². The van der Waals surface area contributed by atoms with E-state index in [1.54, 1.807) is 0 Å². The molecule has 0 aliphatic carbocycles. The highest BCUT2D eigenvalue weighted by Gasteiger charge is 2.47. The van der Waals surface area contributed by atoms with E-state index in [-0.39, 0.29) is 0 Å². The fraction of sp³-hybridized carbons (Fsp3) is 1.00. The maximum atomic E-state index is 2.90. The Hall–Kier alpha value is -0.120. The smallest absolute Gasteiger partial charge is 0.0419 e. The molecule has 3 unspecified atom stereocenters. The Morgan fingerprint density at radius 3 is 1.76 bits per heavy atom. The van der Waals surface area contributed by atoms with Crippen LogP contribution in [0.1, 0.15) is 57.8 Å². The zero-order valence-corrected chi connectivity index (χ0v) is 13.7. The van der Waals surface area contributed by atoms with Crippen LogP contribution < -0.4 is 0 Å². The van der Waals surface area contributed by atoms with E-state index >= 15 is 0 Å². The van der Waals surface area contributed by atoms with E-state index < -0.39 is 0 Å². The molecule has 3 heteroatoms. The molecule has 3 nitrogen and oxygen atoms in total. The molecule has 4 heterocycles. The summed E-state index contributed by atoms with van der Waals surface area (Å²) < 4.78 is 0. The lowest BCUT2D eigenvalue weighted by Crippen LogP contribution is -2.56.